The van der Waals surface area contributed by atoms with Crippen LogP contribution in [0.4, 0.5) is 14.9 Å². The van der Waals surface area contributed by atoms with Gasteiger partial charge in [-0.1, -0.05) is 29.8 Å². The first-order valence-corrected chi connectivity index (χ1v) is 9.30. The van der Waals surface area contributed by atoms with E-state index in [0.717, 1.165) is 31.5 Å². The quantitative estimate of drug-likeness (QED) is 0.800. The number of nitrogens with one attached hydrogen (secondary N) is 2. The second-order valence-electron chi connectivity index (χ2n) is 6.60. The van der Waals surface area contributed by atoms with E-state index in [1.54, 1.807) is 18.2 Å². The van der Waals surface area contributed by atoms with Crippen molar-refractivity contribution in [1.82, 2.24) is 10.2 Å². The van der Waals surface area contributed by atoms with Gasteiger partial charge in [0.2, 0.25) is 0 Å². The third kappa shape index (κ3) is 5.34. The van der Waals surface area contributed by atoms with Crippen molar-refractivity contribution in [2.24, 2.45) is 0 Å². The summed E-state index contributed by atoms with van der Waals surface area (Å²) in [5.41, 5.74) is 1.51. The van der Waals surface area contributed by atoms with Crippen LogP contribution in [-0.2, 0) is 6.54 Å². The van der Waals surface area contributed by atoms with Gasteiger partial charge in [0.1, 0.15) is 0 Å². The fraction of sp³-hybridized carbons (Fsp3) is 0.350. The Morgan fingerprint density at radius 1 is 1.26 bits per heavy atom. The van der Waals surface area contributed by atoms with Crippen LogP contribution in [0.25, 0.3) is 0 Å². The Hall–Kier alpha value is -2.31. The summed E-state index contributed by atoms with van der Waals surface area (Å²) in [6.07, 6.45) is 1.68. The number of amides is 2. The fourth-order valence-corrected chi connectivity index (χ4v) is 3.39. The van der Waals surface area contributed by atoms with E-state index in [4.69, 9.17) is 16.3 Å². The molecule has 2 amide bonds. The highest BCUT2D eigenvalue weighted by molar-refractivity contribution is 6.33. The Morgan fingerprint density at radius 2 is 2.00 bits per heavy atom. The number of piperidine rings is 1. The Morgan fingerprint density at radius 3 is 2.67 bits per heavy atom. The number of nitrogens with zero attached hydrogens (tertiary/aromatic N) is 1. The molecular weight excluding hydrogens is 369 g/mol. The lowest BCUT2D eigenvalue weighted by Crippen LogP contribution is -2.45. The van der Waals surface area contributed by atoms with E-state index >= 15 is 0 Å². The van der Waals surface area contributed by atoms with Crippen molar-refractivity contribution in [3.8, 4) is 5.75 Å². The summed E-state index contributed by atoms with van der Waals surface area (Å²) in [6.45, 7) is 2.36. The molecule has 1 aliphatic heterocycles. The number of methoxy groups -OCH3 is 1. The van der Waals surface area contributed by atoms with Crippen molar-refractivity contribution in [2.45, 2.75) is 25.4 Å². The summed E-state index contributed by atoms with van der Waals surface area (Å²) in [6, 6.07) is 12.0. The van der Waals surface area contributed by atoms with Gasteiger partial charge in [0.05, 0.1) is 17.8 Å². The van der Waals surface area contributed by atoms with E-state index in [1.165, 1.54) is 13.2 Å². The number of rotatable bonds is 5. The molecule has 0 unspecified atom stereocenters. The molecule has 2 aromatic rings. The standard InChI is InChI=1S/C20H23ClFN3O2/c1-27-19-7-6-14(12-17(19)22)13-25-10-8-15(9-11-25)23-20(26)24-18-5-3-2-4-16(18)21/h2-7,12,15H,8-11,13H2,1H3,(H2,23,24,26). The van der Waals surface area contributed by atoms with Crippen molar-refractivity contribution < 1.29 is 13.9 Å². The zero-order chi connectivity index (χ0) is 19.2. The number of likely N-dealkylation sites (tertiary alicyclic amines) is 1. The molecule has 144 valence electrons. The number of carbonyl (C=O) groups is 1. The van der Waals surface area contributed by atoms with Gasteiger partial charge < -0.3 is 15.4 Å². The second kappa shape index (κ2) is 9.06. The molecular formula is C20H23ClFN3O2. The molecule has 0 bridgehead atoms. The first-order chi connectivity index (χ1) is 13.0. The summed E-state index contributed by atoms with van der Waals surface area (Å²) in [5.74, 6) is -0.0889. The zero-order valence-electron chi connectivity index (χ0n) is 15.2. The van der Waals surface area contributed by atoms with Crippen molar-refractivity contribution >= 4 is 23.3 Å². The van der Waals surface area contributed by atoms with Crippen LogP contribution in [0.3, 0.4) is 0 Å². The molecule has 2 aromatic carbocycles. The number of benzene rings is 2. The van der Waals surface area contributed by atoms with Gasteiger partial charge in [0, 0.05) is 25.7 Å². The highest BCUT2D eigenvalue weighted by Crippen LogP contribution is 2.22. The molecule has 0 aliphatic carbocycles. The first-order valence-electron chi connectivity index (χ1n) is 8.92. The summed E-state index contributed by atoms with van der Waals surface area (Å²) >= 11 is 6.05. The van der Waals surface area contributed by atoms with Crippen LogP contribution in [0, 0.1) is 5.82 Å². The van der Waals surface area contributed by atoms with Gasteiger partial charge in [0.25, 0.3) is 0 Å². The summed E-state index contributed by atoms with van der Waals surface area (Å²) in [7, 11) is 1.46. The van der Waals surface area contributed by atoms with Crippen LogP contribution in [0.5, 0.6) is 5.75 Å². The van der Waals surface area contributed by atoms with Crippen LogP contribution < -0.4 is 15.4 Å². The molecule has 0 aromatic heterocycles. The van der Waals surface area contributed by atoms with Gasteiger partial charge in [-0.15, -0.1) is 0 Å². The van der Waals surface area contributed by atoms with Gasteiger partial charge in [-0.25, -0.2) is 9.18 Å². The molecule has 0 saturated carbocycles. The topological polar surface area (TPSA) is 53.6 Å². The normalized spacial score (nSPS) is 15.4. The lowest BCUT2D eigenvalue weighted by molar-refractivity contribution is 0.189. The number of ether oxygens (including phenoxy) is 1. The maximum atomic E-state index is 13.8. The number of carbonyl (C=O) groups excluding carboxylic acids is 1. The van der Waals surface area contributed by atoms with Crippen molar-refractivity contribution in [3.05, 3.63) is 58.9 Å². The Labute approximate surface area is 163 Å². The SMILES string of the molecule is COc1ccc(CN2CCC(NC(=O)Nc3ccccc3Cl)CC2)cc1F. The average Bonchev–Trinajstić information content (AvgIpc) is 2.65. The van der Waals surface area contributed by atoms with E-state index in [0.29, 0.717) is 17.3 Å². The van der Waals surface area contributed by atoms with E-state index in [-0.39, 0.29) is 23.6 Å². The van der Waals surface area contributed by atoms with E-state index in [2.05, 4.69) is 15.5 Å². The van der Waals surface area contributed by atoms with E-state index in [9.17, 15) is 9.18 Å². The molecule has 1 fully saturated rings. The molecule has 27 heavy (non-hydrogen) atoms. The third-order valence-corrected chi connectivity index (χ3v) is 5.00. The number of urea groups is 1. The summed E-state index contributed by atoms with van der Waals surface area (Å²) < 4.78 is 18.8. The second-order valence-corrected chi connectivity index (χ2v) is 7.00. The van der Waals surface area contributed by atoms with Crippen LogP contribution in [0.15, 0.2) is 42.5 Å². The number of anilines is 1. The molecule has 2 N–H and O–H groups in total. The molecule has 7 heteroatoms. The minimum Gasteiger partial charge on any atom is -0.494 e. The third-order valence-electron chi connectivity index (χ3n) is 4.67. The monoisotopic (exact) mass is 391 g/mol. The van der Waals surface area contributed by atoms with Crippen LogP contribution in [0.1, 0.15) is 18.4 Å². The predicted octanol–water partition coefficient (Wildman–Crippen LogP) is 4.27. The Kier molecular flexibility index (Phi) is 6.53. The minimum absolute atomic E-state index is 0.108. The minimum atomic E-state index is -0.345. The molecule has 1 aliphatic rings. The Bertz CT molecular complexity index is 795. The number of hydrogen-bond donors (Lipinski definition) is 2. The fourth-order valence-electron chi connectivity index (χ4n) is 3.21. The highest BCUT2D eigenvalue weighted by Gasteiger charge is 2.21. The molecule has 1 saturated heterocycles. The van der Waals surface area contributed by atoms with Crippen molar-refractivity contribution in [2.75, 3.05) is 25.5 Å². The van der Waals surface area contributed by atoms with E-state index in [1.807, 2.05) is 18.2 Å². The molecule has 5 nitrogen and oxygen atoms in total. The Balaban J connectivity index is 1.45. The predicted molar refractivity (Wildman–Crippen MR) is 105 cm³/mol. The molecule has 1 heterocycles. The summed E-state index contributed by atoms with van der Waals surface area (Å²) in [4.78, 5) is 14.4. The smallest absolute Gasteiger partial charge is 0.319 e. The van der Waals surface area contributed by atoms with Crippen molar-refractivity contribution in [3.63, 3.8) is 0 Å². The van der Waals surface area contributed by atoms with Gasteiger partial charge in [-0.05, 0) is 42.7 Å². The molecule has 0 radical (unpaired) electrons. The van der Waals surface area contributed by atoms with Crippen LogP contribution in [0.2, 0.25) is 5.02 Å². The maximum absolute atomic E-state index is 13.8. The van der Waals surface area contributed by atoms with Crippen LogP contribution in [-0.4, -0.2) is 37.2 Å². The lowest BCUT2D eigenvalue weighted by atomic mass is 10.0. The number of halogens is 2. The zero-order valence-corrected chi connectivity index (χ0v) is 15.9. The van der Waals surface area contributed by atoms with Crippen molar-refractivity contribution in [1.29, 1.82) is 0 Å². The summed E-state index contributed by atoms with van der Waals surface area (Å²) in [5, 5.41) is 6.28. The highest BCUT2D eigenvalue weighted by atomic mass is 35.5. The number of para-hydroxylation sites is 1. The number of hydrogen-bond acceptors (Lipinski definition) is 3. The average molecular weight is 392 g/mol. The molecule has 0 spiro atoms. The van der Waals surface area contributed by atoms with Gasteiger partial charge >= 0.3 is 6.03 Å². The van der Waals surface area contributed by atoms with Gasteiger partial charge in [0.15, 0.2) is 11.6 Å². The lowest BCUT2D eigenvalue weighted by Gasteiger charge is -2.32. The largest absolute Gasteiger partial charge is 0.494 e. The molecule has 3 rings (SSSR count). The van der Waals surface area contributed by atoms with Gasteiger partial charge in [-0.3, -0.25) is 4.90 Å². The molecule has 0 atom stereocenters. The van der Waals surface area contributed by atoms with Gasteiger partial charge in [-0.2, -0.15) is 0 Å². The maximum Gasteiger partial charge on any atom is 0.319 e. The van der Waals surface area contributed by atoms with E-state index < -0.39 is 0 Å². The first kappa shape index (κ1) is 19.5. The van der Waals surface area contributed by atoms with Crippen LogP contribution >= 0.6 is 11.6 Å².